The van der Waals surface area contributed by atoms with Gasteiger partial charge in [-0.15, -0.1) is 0 Å². The highest BCUT2D eigenvalue weighted by atomic mass is 127. The van der Waals surface area contributed by atoms with Crippen LogP contribution in [0.2, 0.25) is 0 Å². The molecule has 0 amide bonds. The molecule has 0 atom stereocenters. The minimum absolute atomic E-state index is 0.108. The second kappa shape index (κ2) is 3.81. The van der Waals surface area contributed by atoms with Crippen LogP contribution in [0.1, 0.15) is 5.56 Å². The summed E-state index contributed by atoms with van der Waals surface area (Å²) in [5, 5.41) is 10.3. The molecule has 0 spiro atoms. The van der Waals surface area contributed by atoms with E-state index < -0.39 is 4.92 Å². The zero-order valence-corrected chi connectivity index (χ0v) is 8.32. The zero-order chi connectivity index (χ0) is 9.14. The number of nitro benzene ring substituents is 1. The zero-order valence-electron chi connectivity index (χ0n) is 6.16. The van der Waals surface area contributed by atoms with E-state index in [1.165, 1.54) is 12.1 Å². The van der Waals surface area contributed by atoms with E-state index in [1.54, 1.807) is 6.07 Å². The fourth-order valence-corrected chi connectivity index (χ4v) is 1.53. The van der Waals surface area contributed by atoms with Crippen LogP contribution < -0.4 is 5.73 Å². The molecular formula is C7H7IN2O2. The van der Waals surface area contributed by atoms with Gasteiger partial charge in [-0.1, -0.05) is 0 Å². The van der Waals surface area contributed by atoms with Crippen LogP contribution in [0, 0.1) is 13.7 Å². The second-order valence-electron chi connectivity index (χ2n) is 2.24. The molecule has 12 heavy (non-hydrogen) atoms. The predicted octanol–water partition coefficient (Wildman–Crippen LogP) is 1.66. The molecule has 4 nitrogen and oxygen atoms in total. The van der Waals surface area contributed by atoms with Crippen LogP contribution in [0.4, 0.5) is 5.69 Å². The highest BCUT2D eigenvalue weighted by molar-refractivity contribution is 14.1. The van der Waals surface area contributed by atoms with Crippen molar-refractivity contribution >= 4 is 28.3 Å². The Bertz CT molecular complexity index is 314. The second-order valence-corrected chi connectivity index (χ2v) is 3.40. The number of nitro groups is 1. The monoisotopic (exact) mass is 278 g/mol. The number of non-ortho nitro benzene ring substituents is 1. The molecule has 0 fully saturated rings. The Hall–Kier alpha value is -0.690. The van der Waals surface area contributed by atoms with Gasteiger partial charge in [-0.2, -0.15) is 0 Å². The molecule has 1 aromatic carbocycles. The maximum absolute atomic E-state index is 10.3. The van der Waals surface area contributed by atoms with Crippen LogP contribution in [0.3, 0.4) is 0 Å². The lowest BCUT2D eigenvalue weighted by molar-refractivity contribution is -0.385. The smallest absolute Gasteiger partial charge is 0.270 e. The van der Waals surface area contributed by atoms with Crippen LogP contribution in [-0.2, 0) is 6.54 Å². The van der Waals surface area contributed by atoms with Crippen molar-refractivity contribution in [1.82, 2.24) is 0 Å². The average molecular weight is 278 g/mol. The van der Waals surface area contributed by atoms with Gasteiger partial charge in [0.25, 0.3) is 5.69 Å². The van der Waals surface area contributed by atoms with Crippen molar-refractivity contribution in [2.75, 3.05) is 0 Å². The third-order valence-electron chi connectivity index (χ3n) is 1.47. The lowest BCUT2D eigenvalue weighted by Gasteiger charge is -1.99. The van der Waals surface area contributed by atoms with Crippen molar-refractivity contribution in [3.05, 3.63) is 37.4 Å². The Morgan fingerprint density at radius 1 is 1.58 bits per heavy atom. The van der Waals surface area contributed by atoms with E-state index in [0.29, 0.717) is 6.54 Å². The maximum atomic E-state index is 10.3. The number of hydrogen-bond acceptors (Lipinski definition) is 3. The van der Waals surface area contributed by atoms with E-state index in [0.717, 1.165) is 9.13 Å². The Labute approximate surface area is 83.1 Å². The van der Waals surface area contributed by atoms with Crippen LogP contribution in [-0.4, -0.2) is 4.92 Å². The summed E-state index contributed by atoms with van der Waals surface area (Å²) in [6, 6.07) is 4.66. The third kappa shape index (κ3) is 1.92. The fraction of sp³-hybridized carbons (Fsp3) is 0.143. The van der Waals surface area contributed by atoms with Crippen molar-refractivity contribution in [3.8, 4) is 0 Å². The minimum atomic E-state index is -0.414. The van der Waals surface area contributed by atoms with Gasteiger partial charge in [-0.05, 0) is 34.2 Å². The number of nitrogens with two attached hydrogens (primary N) is 1. The number of halogens is 1. The average Bonchev–Trinajstić information content (AvgIpc) is 2.04. The lowest BCUT2D eigenvalue weighted by atomic mass is 10.2. The summed E-state index contributed by atoms with van der Waals surface area (Å²) in [7, 11) is 0. The molecule has 0 saturated carbocycles. The van der Waals surface area contributed by atoms with Gasteiger partial charge in [0.2, 0.25) is 0 Å². The van der Waals surface area contributed by atoms with E-state index in [2.05, 4.69) is 0 Å². The van der Waals surface area contributed by atoms with E-state index in [1.807, 2.05) is 22.6 Å². The Morgan fingerprint density at radius 2 is 2.25 bits per heavy atom. The van der Waals surface area contributed by atoms with Gasteiger partial charge in [0, 0.05) is 22.2 Å². The largest absolute Gasteiger partial charge is 0.326 e. The van der Waals surface area contributed by atoms with Crippen LogP contribution >= 0.6 is 22.6 Å². The van der Waals surface area contributed by atoms with Crippen LogP contribution in [0.15, 0.2) is 18.2 Å². The molecule has 0 saturated heterocycles. The Morgan fingerprint density at radius 3 is 2.67 bits per heavy atom. The van der Waals surface area contributed by atoms with E-state index in [4.69, 9.17) is 5.73 Å². The molecule has 0 unspecified atom stereocenters. The summed E-state index contributed by atoms with van der Waals surface area (Å²) in [5.41, 5.74) is 6.44. The van der Waals surface area contributed by atoms with Gasteiger partial charge in [-0.3, -0.25) is 10.1 Å². The molecule has 2 N–H and O–H groups in total. The highest BCUT2D eigenvalue weighted by Gasteiger charge is 2.07. The first-order valence-electron chi connectivity index (χ1n) is 3.28. The summed E-state index contributed by atoms with van der Waals surface area (Å²) in [5.74, 6) is 0. The number of nitrogens with zero attached hydrogens (tertiary/aromatic N) is 1. The molecule has 1 aromatic rings. The van der Waals surface area contributed by atoms with Crippen molar-refractivity contribution in [1.29, 1.82) is 0 Å². The molecule has 0 aromatic heterocycles. The van der Waals surface area contributed by atoms with Gasteiger partial charge in [0.05, 0.1) is 4.92 Å². The molecule has 0 aliphatic heterocycles. The molecular weight excluding hydrogens is 271 g/mol. The van der Waals surface area contributed by atoms with Gasteiger partial charge in [-0.25, -0.2) is 0 Å². The molecule has 0 bridgehead atoms. The molecule has 1 rings (SSSR count). The summed E-state index contributed by atoms with van der Waals surface area (Å²) >= 11 is 2.03. The van der Waals surface area contributed by atoms with Gasteiger partial charge in [0.15, 0.2) is 0 Å². The first-order valence-corrected chi connectivity index (χ1v) is 4.36. The highest BCUT2D eigenvalue weighted by Crippen LogP contribution is 2.18. The van der Waals surface area contributed by atoms with Gasteiger partial charge < -0.3 is 5.73 Å². The Balaban J connectivity index is 3.10. The fourth-order valence-electron chi connectivity index (χ4n) is 0.815. The lowest BCUT2D eigenvalue weighted by Crippen LogP contribution is -1.99. The number of benzene rings is 1. The van der Waals surface area contributed by atoms with E-state index in [-0.39, 0.29) is 5.69 Å². The third-order valence-corrected chi connectivity index (χ3v) is 2.47. The molecule has 64 valence electrons. The normalized spacial score (nSPS) is 9.83. The first-order chi connectivity index (χ1) is 5.65. The van der Waals surface area contributed by atoms with E-state index in [9.17, 15) is 10.1 Å². The van der Waals surface area contributed by atoms with E-state index >= 15 is 0 Å². The van der Waals surface area contributed by atoms with Crippen molar-refractivity contribution < 1.29 is 4.92 Å². The maximum Gasteiger partial charge on any atom is 0.270 e. The molecule has 0 heterocycles. The van der Waals surface area contributed by atoms with Crippen molar-refractivity contribution in [2.45, 2.75) is 6.54 Å². The predicted molar refractivity (Wildman–Crippen MR) is 53.7 cm³/mol. The summed E-state index contributed by atoms with van der Waals surface area (Å²) in [4.78, 5) is 9.91. The van der Waals surface area contributed by atoms with Crippen molar-refractivity contribution in [3.63, 3.8) is 0 Å². The topological polar surface area (TPSA) is 69.2 Å². The number of hydrogen-bond donors (Lipinski definition) is 1. The summed E-state index contributed by atoms with van der Waals surface area (Å²) in [6.07, 6.45) is 0. The van der Waals surface area contributed by atoms with Crippen molar-refractivity contribution in [2.24, 2.45) is 5.73 Å². The van der Waals surface area contributed by atoms with Gasteiger partial charge >= 0.3 is 0 Å². The summed E-state index contributed by atoms with van der Waals surface area (Å²) in [6.45, 7) is 0.413. The first kappa shape index (κ1) is 9.40. The standard InChI is InChI=1S/C7H7IN2O2/c8-7-3-6(10(11)12)2-1-5(7)4-9/h1-3H,4,9H2. The van der Waals surface area contributed by atoms with Crippen LogP contribution in [0.5, 0.6) is 0 Å². The molecule has 0 aliphatic rings. The number of rotatable bonds is 2. The molecule has 0 aliphatic carbocycles. The molecule has 0 radical (unpaired) electrons. The summed E-state index contributed by atoms with van der Waals surface area (Å²) < 4.78 is 0.837. The molecule has 5 heteroatoms. The van der Waals surface area contributed by atoms with Gasteiger partial charge in [0.1, 0.15) is 0 Å². The van der Waals surface area contributed by atoms with Crippen LogP contribution in [0.25, 0.3) is 0 Å². The SMILES string of the molecule is NCc1ccc([N+](=O)[O-])cc1I. The quantitative estimate of drug-likeness (QED) is 0.508. The minimum Gasteiger partial charge on any atom is -0.326 e. The Kier molecular flexibility index (Phi) is 2.99.